The summed E-state index contributed by atoms with van der Waals surface area (Å²) in [6.45, 7) is 6.22. The van der Waals surface area contributed by atoms with Crippen molar-refractivity contribution in [3.05, 3.63) is 56.5 Å². The van der Waals surface area contributed by atoms with Crippen molar-refractivity contribution in [2.75, 3.05) is 0 Å². The van der Waals surface area contributed by atoms with Gasteiger partial charge in [0.2, 0.25) is 0 Å². The molecule has 0 aromatic heterocycles. The highest BCUT2D eigenvalue weighted by Gasteiger charge is 2.12. The third kappa shape index (κ3) is 3.94. The molecule has 2 rings (SSSR count). The lowest BCUT2D eigenvalue weighted by Crippen LogP contribution is -1.96. The van der Waals surface area contributed by atoms with Gasteiger partial charge in [-0.2, -0.15) is 0 Å². The molecule has 4 heteroatoms. The average molecular weight is 388 g/mol. The lowest BCUT2D eigenvalue weighted by atomic mass is 10.0. The van der Waals surface area contributed by atoms with Crippen molar-refractivity contribution in [3.8, 4) is 11.5 Å². The molecule has 0 aliphatic carbocycles. The number of ether oxygens (including phenoxy) is 1. The van der Waals surface area contributed by atoms with E-state index in [4.69, 9.17) is 27.9 Å². The van der Waals surface area contributed by atoms with E-state index in [1.54, 1.807) is 0 Å². The van der Waals surface area contributed by atoms with Crippen LogP contribution in [-0.2, 0) is 5.88 Å². The summed E-state index contributed by atoms with van der Waals surface area (Å²) in [6.07, 6.45) is 0. The molecule has 0 spiro atoms. The first-order chi connectivity index (χ1) is 9.92. The first-order valence-electron chi connectivity index (χ1n) is 6.74. The van der Waals surface area contributed by atoms with Crippen LogP contribution in [0.15, 0.2) is 34.8 Å². The summed E-state index contributed by atoms with van der Waals surface area (Å²) in [5, 5.41) is 0.781. The normalized spacial score (nSPS) is 11.0. The zero-order valence-electron chi connectivity index (χ0n) is 12.2. The number of halogens is 3. The molecule has 0 N–H and O–H groups in total. The Labute approximate surface area is 144 Å². The Morgan fingerprint density at radius 2 is 1.86 bits per heavy atom. The molecule has 0 amide bonds. The number of benzene rings is 2. The van der Waals surface area contributed by atoms with Gasteiger partial charge in [-0.05, 0) is 54.3 Å². The lowest BCUT2D eigenvalue weighted by Gasteiger charge is -2.16. The van der Waals surface area contributed by atoms with Crippen LogP contribution in [0.1, 0.15) is 36.5 Å². The van der Waals surface area contributed by atoms with E-state index in [0.717, 1.165) is 37.7 Å². The fourth-order valence-electron chi connectivity index (χ4n) is 2.09. The minimum absolute atomic E-state index is 0.345. The maximum absolute atomic E-state index is 6.30. The van der Waals surface area contributed by atoms with Gasteiger partial charge in [-0.1, -0.05) is 41.4 Å². The van der Waals surface area contributed by atoms with Crippen molar-refractivity contribution in [1.29, 1.82) is 0 Å². The Balaban J connectivity index is 2.42. The average Bonchev–Trinajstić information content (AvgIpc) is 2.42. The lowest BCUT2D eigenvalue weighted by molar-refractivity contribution is 0.473. The summed E-state index contributed by atoms with van der Waals surface area (Å²) in [6, 6.07) is 9.80. The van der Waals surface area contributed by atoms with Crippen molar-refractivity contribution >= 4 is 39.1 Å². The van der Waals surface area contributed by atoms with Crippen molar-refractivity contribution < 1.29 is 4.74 Å². The van der Waals surface area contributed by atoms with E-state index in [2.05, 4.69) is 29.8 Å². The first-order valence-corrected chi connectivity index (χ1v) is 8.45. The van der Waals surface area contributed by atoms with E-state index in [9.17, 15) is 0 Å². The Hall–Kier alpha value is -0.700. The molecule has 21 heavy (non-hydrogen) atoms. The second-order valence-corrected chi connectivity index (χ2v) is 6.87. The van der Waals surface area contributed by atoms with Gasteiger partial charge in [0, 0.05) is 15.1 Å². The van der Waals surface area contributed by atoms with Crippen molar-refractivity contribution in [2.24, 2.45) is 0 Å². The first kappa shape index (κ1) is 16.7. The molecule has 0 saturated heterocycles. The molecule has 2 aromatic carbocycles. The van der Waals surface area contributed by atoms with Crippen molar-refractivity contribution in [2.45, 2.75) is 32.6 Å². The van der Waals surface area contributed by atoms with Crippen LogP contribution in [0.2, 0.25) is 5.02 Å². The molecular weight excluding hydrogens is 371 g/mol. The Morgan fingerprint density at radius 3 is 2.48 bits per heavy atom. The minimum atomic E-state index is 0.345. The van der Waals surface area contributed by atoms with Gasteiger partial charge in [0.1, 0.15) is 11.5 Å². The van der Waals surface area contributed by atoms with Crippen LogP contribution in [-0.4, -0.2) is 0 Å². The number of alkyl halides is 1. The Morgan fingerprint density at radius 1 is 1.14 bits per heavy atom. The minimum Gasteiger partial charge on any atom is -0.457 e. The molecule has 0 radical (unpaired) electrons. The Kier molecular flexibility index (Phi) is 5.59. The van der Waals surface area contributed by atoms with E-state index in [1.165, 1.54) is 0 Å². The van der Waals surface area contributed by atoms with Crippen LogP contribution in [0, 0.1) is 6.92 Å². The molecule has 1 nitrogen and oxygen atoms in total. The van der Waals surface area contributed by atoms with E-state index in [1.807, 2.05) is 37.3 Å². The molecule has 0 aliphatic heterocycles. The fourth-order valence-corrected chi connectivity index (χ4v) is 3.15. The van der Waals surface area contributed by atoms with Crippen LogP contribution >= 0.6 is 39.1 Å². The van der Waals surface area contributed by atoms with Gasteiger partial charge in [0.05, 0.1) is 5.88 Å². The molecular formula is C17H17BrCl2O. The third-order valence-corrected chi connectivity index (χ3v) is 4.41. The molecule has 112 valence electrons. The van der Waals surface area contributed by atoms with E-state index < -0.39 is 0 Å². The highest BCUT2D eigenvalue weighted by molar-refractivity contribution is 9.10. The topological polar surface area (TPSA) is 9.23 Å². The maximum Gasteiger partial charge on any atom is 0.131 e. The molecule has 0 saturated carbocycles. The number of rotatable bonds is 4. The zero-order chi connectivity index (χ0) is 15.6. The number of hydrogen-bond acceptors (Lipinski definition) is 1. The largest absolute Gasteiger partial charge is 0.457 e. The summed E-state index contributed by atoms with van der Waals surface area (Å²) in [4.78, 5) is 0. The molecule has 0 heterocycles. The molecule has 0 bridgehead atoms. The van der Waals surface area contributed by atoms with E-state index in [0.29, 0.717) is 11.8 Å². The second kappa shape index (κ2) is 7.04. The molecule has 0 unspecified atom stereocenters. The molecule has 0 atom stereocenters. The van der Waals surface area contributed by atoms with E-state index >= 15 is 0 Å². The highest BCUT2D eigenvalue weighted by atomic mass is 79.9. The Bertz CT molecular complexity index is 653. The van der Waals surface area contributed by atoms with Crippen LogP contribution in [0.3, 0.4) is 0 Å². The van der Waals surface area contributed by atoms with Gasteiger partial charge >= 0.3 is 0 Å². The summed E-state index contributed by atoms with van der Waals surface area (Å²) in [5.41, 5.74) is 3.04. The predicted octanol–water partition coefficient (Wildman–Crippen LogP) is 7.07. The van der Waals surface area contributed by atoms with Gasteiger partial charge in [-0.15, -0.1) is 11.6 Å². The van der Waals surface area contributed by atoms with Gasteiger partial charge < -0.3 is 4.74 Å². The summed E-state index contributed by atoms with van der Waals surface area (Å²) < 4.78 is 7.06. The summed E-state index contributed by atoms with van der Waals surface area (Å²) in [7, 11) is 0. The van der Waals surface area contributed by atoms with Crippen molar-refractivity contribution in [1.82, 2.24) is 0 Å². The number of hydrogen-bond donors (Lipinski definition) is 0. The van der Waals surface area contributed by atoms with E-state index in [-0.39, 0.29) is 0 Å². The molecule has 0 aliphatic rings. The molecule has 2 aromatic rings. The van der Waals surface area contributed by atoms with Gasteiger partial charge in [-0.3, -0.25) is 0 Å². The SMILES string of the molecule is Cc1cc(Cl)c(C(C)C)cc1Oc1ccc(Br)cc1CCl. The van der Waals surface area contributed by atoms with Crippen LogP contribution in [0.25, 0.3) is 0 Å². The maximum atomic E-state index is 6.30. The van der Waals surface area contributed by atoms with Gasteiger partial charge in [-0.25, -0.2) is 0 Å². The second-order valence-electron chi connectivity index (χ2n) is 5.28. The highest BCUT2D eigenvalue weighted by Crippen LogP contribution is 2.35. The predicted molar refractivity (Wildman–Crippen MR) is 94.1 cm³/mol. The van der Waals surface area contributed by atoms with Crippen LogP contribution in [0.4, 0.5) is 0 Å². The quantitative estimate of drug-likeness (QED) is 0.510. The fraction of sp³-hybridized carbons (Fsp3) is 0.294. The summed E-state index contributed by atoms with van der Waals surface area (Å²) >= 11 is 15.7. The monoisotopic (exact) mass is 386 g/mol. The molecule has 0 fully saturated rings. The summed E-state index contributed by atoms with van der Waals surface area (Å²) in [5.74, 6) is 2.33. The number of aryl methyl sites for hydroxylation is 1. The smallest absolute Gasteiger partial charge is 0.131 e. The standard InChI is InChI=1S/C17H17BrCl2O/c1-10(2)14-8-17(11(3)6-15(14)20)21-16-5-4-13(18)7-12(16)9-19/h4-8,10H,9H2,1-3H3. The van der Waals surface area contributed by atoms with Crippen LogP contribution < -0.4 is 4.74 Å². The van der Waals surface area contributed by atoms with Gasteiger partial charge in [0.25, 0.3) is 0 Å². The zero-order valence-corrected chi connectivity index (χ0v) is 15.3. The van der Waals surface area contributed by atoms with Gasteiger partial charge in [0.15, 0.2) is 0 Å². The van der Waals surface area contributed by atoms with Crippen molar-refractivity contribution in [3.63, 3.8) is 0 Å². The van der Waals surface area contributed by atoms with Crippen LogP contribution in [0.5, 0.6) is 11.5 Å². The third-order valence-electron chi connectivity index (χ3n) is 3.30.